The Labute approximate surface area is 122 Å². The van der Waals surface area contributed by atoms with E-state index < -0.39 is 33.7 Å². The first-order chi connectivity index (χ1) is 9.86. The number of nitrogens with one attached hydrogen (secondary N) is 1. The van der Waals surface area contributed by atoms with Crippen LogP contribution in [0.1, 0.15) is 10.4 Å². The predicted octanol–water partition coefficient (Wildman–Crippen LogP) is 3.78. The van der Waals surface area contributed by atoms with Crippen molar-refractivity contribution in [2.75, 3.05) is 5.32 Å². The van der Waals surface area contributed by atoms with Gasteiger partial charge < -0.3 is 5.32 Å². The maximum atomic E-state index is 13.2. The number of rotatable bonds is 3. The second-order valence-corrected chi connectivity index (χ2v) is 4.47. The van der Waals surface area contributed by atoms with Gasteiger partial charge in [-0.25, -0.2) is 8.78 Å². The van der Waals surface area contributed by atoms with Gasteiger partial charge in [0, 0.05) is 16.8 Å². The number of carbonyl (C=O) groups excluding carboxylic acids is 1. The molecule has 0 aliphatic heterocycles. The third kappa shape index (κ3) is 3.51. The summed E-state index contributed by atoms with van der Waals surface area (Å²) in [6, 6.07) is 5.75. The Balaban J connectivity index is 2.36. The minimum Gasteiger partial charge on any atom is -0.322 e. The van der Waals surface area contributed by atoms with E-state index in [1.807, 2.05) is 0 Å². The molecule has 0 bridgehead atoms. The van der Waals surface area contributed by atoms with E-state index in [9.17, 15) is 23.7 Å². The van der Waals surface area contributed by atoms with Crippen LogP contribution in [-0.4, -0.2) is 10.8 Å². The molecule has 0 aliphatic rings. The molecule has 2 rings (SSSR count). The highest BCUT2D eigenvalue weighted by Crippen LogP contribution is 2.23. The number of hydrogen-bond donors (Lipinski definition) is 1. The molecule has 5 nitrogen and oxygen atoms in total. The molecule has 0 fully saturated rings. The van der Waals surface area contributed by atoms with Crippen LogP contribution < -0.4 is 5.32 Å². The molecule has 2 aromatic rings. The molecule has 8 heteroatoms. The Morgan fingerprint density at radius 3 is 2.48 bits per heavy atom. The number of amides is 1. The highest BCUT2D eigenvalue weighted by molar-refractivity contribution is 6.31. The molecule has 0 saturated heterocycles. The number of nitro groups is 1. The van der Waals surface area contributed by atoms with Crippen LogP contribution in [0.15, 0.2) is 36.4 Å². The largest absolute Gasteiger partial charge is 0.322 e. The van der Waals surface area contributed by atoms with Gasteiger partial charge >= 0.3 is 0 Å². The third-order valence-corrected chi connectivity index (χ3v) is 2.74. The molecule has 21 heavy (non-hydrogen) atoms. The highest BCUT2D eigenvalue weighted by atomic mass is 35.5. The summed E-state index contributed by atoms with van der Waals surface area (Å²) in [5.41, 5.74) is -1.03. The summed E-state index contributed by atoms with van der Waals surface area (Å²) in [6.45, 7) is 0. The first-order valence-electron chi connectivity index (χ1n) is 5.58. The van der Waals surface area contributed by atoms with Gasteiger partial charge in [-0.3, -0.25) is 14.9 Å². The fourth-order valence-corrected chi connectivity index (χ4v) is 1.90. The van der Waals surface area contributed by atoms with E-state index in [4.69, 9.17) is 11.6 Å². The van der Waals surface area contributed by atoms with E-state index >= 15 is 0 Å². The zero-order chi connectivity index (χ0) is 15.6. The molecule has 0 saturated carbocycles. The van der Waals surface area contributed by atoms with Crippen LogP contribution in [0.5, 0.6) is 0 Å². The van der Waals surface area contributed by atoms with Crippen molar-refractivity contribution in [2.24, 2.45) is 0 Å². The van der Waals surface area contributed by atoms with Gasteiger partial charge in [0.15, 0.2) is 0 Å². The number of halogens is 3. The summed E-state index contributed by atoms with van der Waals surface area (Å²) in [5, 5.41) is 13.1. The lowest BCUT2D eigenvalue weighted by atomic mass is 10.1. The second-order valence-electron chi connectivity index (χ2n) is 4.03. The van der Waals surface area contributed by atoms with Gasteiger partial charge in [-0.1, -0.05) is 11.6 Å². The van der Waals surface area contributed by atoms with Crippen LogP contribution in [0.4, 0.5) is 20.2 Å². The van der Waals surface area contributed by atoms with Gasteiger partial charge in [0.1, 0.15) is 17.2 Å². The number of anilines is 1. The lowest BCUT2D eigenvalue weighted by molar-refractivity contribution is -0.385. The van der Waals surface area contributed by atoms with Crippen LogP contribution in [-0.2, 0) is 0 Å². The Kier molecular flexibility index (Phi) is 4.13. The number of benzene rings is 2. The van der Waals surface area contributed by atoms with E-state index in [1.165, 1.54) is 6.07 Å². The number of nitrogens with zero attached hydrogens (tertiary/aromatic N) is 1. The molecule has 108 valence electrons. The highest BCUT2D eigenvalue weighted by Gasteiger charge is 2.21. The van der Waals surface area contributed by atoms with Crippen molar-refractivity contribution in [3.63, 3.8) is 0 Å². The zero-order valence-corrected chi connectivity index (χ0v) is 11.0. The van der Waals surface area contributed by atoms with Crippen molar-refractivity contribution in [1.29, 1.82) is 0 Å². The quantitative estimate of drug-likeness (QED) is 0.692. The number of carbonyl (C=O) groups is 1. The first-order valence-corrected chi connectivity index (χ1v) is 5.96. The van der Waals surface area contributed by atoms with Gasteiger partial charge in [-0.05, 0) is 30.3 Å². The fourth-order valence-electron chi connectivity index (χ4n) is 1.67. The summed E-state index contributed by atoms with van der Waals surface area (Å²) in [6.07, 6.45) is 0. The standard InChI is InChI=1S/C13H7ClF2N2O3/c14-7-3-9(16)5-10(4-7)17-13(19)11-6-8(15)1-2-12(11)18(20)21/h1-6H,(H,17,19). The Morgan fingerprint density at radius 1 is 1.14 bits per heavy atom. The summed E-state index contributed by atoms with van der Waals surface area (Å²) in [5.74, 6) is -2.43. The van der Waals surface area contributed by atoms with Crippen molar-refractivity contribution >= 4 is 28.9 Å². The fraction of sp³-hybridized carbons (Fsp3) is 0. The topological polar surface area (TPSA) is 72.2 Å². The maximum Gasteiger partial charge on any atom is 0.282 e. The molecule has 0 aromatic heterocycles. The Morgan fingerprint density at radius 2 is 1.86 bits per heavy atom. The molecular formula is C13H7ClF2N2O3. The normalized spacial score (nSPS) is 10.2. The molecular weight excluding hydrogens is 306 g/mol. The molecule has 1 N–H and O–H groups in total. The minimum atomic E-state index is -0.942. The van der Waals surface area contributed by atoms with Crippen LogP contribution >= 0.6 is 11.6 Å². The monoisotopic (exact) mass is 312 g/mol. The molecule has 0 radical (unpaired) electrons. The SMILES string of the molecule is O=C(Nc1cc(F)cc(Cl)c1)c1cc(F)ccc1[N+](=O)[O-]. The molecule has 2 aromatic carbocycles. The summed E-state index contributed by atoms with van der Waals surface area (Å²) >= 11 is 5.63. The van der Waals surface area contributed by atoms with E-state index in [-0.39, 0.29) is 10.7 Å². The second kappa shape index (κ2) is 5.84. The van der Waals surface area contributed by atoms with E-state index in [0.717, 1.165) is 30.3 Å². The van der Waals surface area contributed by atoms with Gasteiger partial charge in [0.2, 0.25) is 0 Å². The lowest BCUT2D eigenvalue weighted by Gasteiger charge is -2.06. The first kappa shape index (κ1) is 14.9. The smallest absolute Gasteiger partial charge is 0.282 e. The Hall–Kier alpha value is -2.54. The summed E-state index contributed by atoms with van der Waals surface area (Å²) in [4.78, 5) is 22.0. The molecule has 1 amide bonds. The summed E-state index contributed by atoms with van der Waals surface area (Å²) in [7, 11) is 0. The van der Waals surface area contributed by atoms with Crippen molar-refractivity contribution in [3.8, 4) is 0 Å². The molecule has 0 atom stereocenters. The molecule has 0 heterocycles. The van der Waals surface area contributed by atoms with Crippen LogP contribution in [0, 0.1) is 21.7 Å². The van der Waals surface area contributed by atoms with Gasteiger partial charge in [0.25, 0.3) is 11.6 Å². The van der Waals surface area contributed by atoms with Crippen molar-refractivity contribution in [2.45, 2.75) is 0 Å². The molecule has 0 spiro atoms. The van der Waals surface area contributed by atoms with E-state index in [0.29, 0.717) is 0 Å². The van der Waals surface area contributed by atoms with Crippen molar-refractivity contribution in [3.05, 3.63) is 68.7 Å². The van der Waals surface area contributed by atoms with E-state index in [1.54, 1.807) is 0 Å². The van der Waals surface area contributed by atoms with Gasteiger partial charge in [-0.2, -0.15) is 0 Å². The Bertz CT molecular complexity index is 717. The van der Waals surface area contributed by atoms with Crippen LogP contribution in [0.3, 0.4) is 0 Å². The maximum absolute atomic E-state index is 13.2. The predicted molar refractivity (Wildman–Crippen MR) is 72.4 cm³/mol. The molecule has 0 unspecified atom stereocenters. The van der Waals surface area contributed by atoms with Crippen LogP contribution in [0.2, 0.25) is 5.02 Å². The van der Waals surface area contributed by atoms with Crippen molar-refractivity contribution in [1.82, 2.24) is 0 Å². The van der Waals surface area contributed by atoms with Gasteiger partial charge in [0.05, 0.1) is 4.92 Å². The number of hydrogen-bond acceptors (Lipinski definition) is 3. The van der Waals surface area contributed by atoms with Gasteiger partial charge in [-0.15, -0.1) is 0 Å². The summed E-state index contributed by atoms with van der Waals surface area (Å²) < 4.78 is 26.3. The number of nitro benzene ring substituents is 1. The van der Waals surface area contributed by atoms with Crippen molar-refractivity contribution < 1.29 is 18.5 Å². The lowest BCUT2D eigenvalue weighted by Crippen LogP contribution is -2.14. The third-order valence-electron chi connectivity index (χ3n) is 2.52. The van der Waals surface area contributed by atoms with E-state index in [2.05, 4.69) is 5.32 Å². The van der Waals surface area contributed by atoms with Crippen LogP contribution in [0.25, 0.3) is 0 Å². The average molecular weight is 313 g/mol. The molecule has 0 aliphatic carbocycles. The zero-order valence-electron chi connectivity index (χ0n) is 10.3. The average Bonchev–Trinajstić information content (AvgIpc) is 2.36. The minimum absolute atomic E-state index is 0.00330.